The molecule has 0 fully saturated rings. The second-order valence-electron chi connectivity index (χ2n) is 5.26. The van der Waals surface area contributed by atoms with Crippen molar-refractivity contribution < 1.29 is 9.53 Å². The van der Waals surface area contributed by atoms with Crippen LogP contribution in [0.3, 0.4) is 0 Å². The predicted octanol–water partition coefficient (Wildman–Crippen LogP) is 3.51. The smallest absolute Gasteiger partial charge is 0.254 e. The number of aromatic amines is 1. The van der Waals surface area contributed by atoms with Crippen molar-refractivity contribution in [2.24, 2.45) is 5.73 Å². The number of H-pyrrole nitrogens is 1. The molecule has 0 atom stereocenters. The predicted molar refractivity (Wildman–Crippen MR) is 93.2 cm³/mol. The fourth-order valence-corrected chi connectivity index (χ4v) is 2.58. The number of nitrogens with two attached hydrogens (primary N) is 2. The first-order valence-electron chi connectivity index (χ1n) is 7.14. The minimum absolute atomic E-state index is 0.148. The summed E-state index contributed by atoms with van der Waals surface area (Å²) in [4.78, 5) is 11.5. The minimum Gasteiger partial charge on any atom is -0.457 e. The Hall–Kier alpha value is -2.99. The molecule has 0 aliphatic rings. The van der Waals surface area contributed by atoms with Crippen LogP contribution in [0.5, 0.6) is 11.5 Å². The maximum Gasteiger partial charge on any atom is 0.254 e. The Morgan fingerprint density at radius 3 is 2.54 bits per heavy atom. The summed E-state index contributed by atoms with van der Waals surface area (Å²) in [5.74, 6) is 0.880. The maximum atomic E-state index is 11.5. The van der Waals surface area contributed by atoms with Gasteiger partial charge < -0.3 is 16.2 Å². The number of halogens is 1. The number of aryl methyl sites for hydroxylation is 1. The summed E-state index contributed by atoms with van der Waals surface area (Å²) in [6.45, 7) is 1.92. The molecule has 0 saturated heterocycles. The molecule has 0 spiro atoms. The molecule has 6 nitrogen and oxygen atoms in total. The van der Waals surface area contributed by atoms with Gasteiger partial charge in [-0.05, 0) is 55.0 Å². The number of amides is 1. The molecule has 2 aromatic carbocycles. The summed E-state index contributed by atoms with van der Waals surface area (Å²) >= 11 is 5.94. The van der Waals surface area contributed by atoms with Gasteiger partial charge in [0.15, 0.2) is 0 Å². The lowest BCUT2D eigenvalue weighted by Gasteiger charge is -2.09. The van der Waals surface area contributed by atoms with Gasteiger partial charge >= 0.3 is 0 Å². The fraction of sp³-hybridized carbons (Fsp3) is 0.0588. The van der Waals surface area contributed by atoms with E-state index < -0.39 is 5.91 Å². The van der Waals surface area contributed by atoms with E-state index in [1.807, 2.05) is 19.1 Å². The molecule has 3 aromatic rings. The summed E-state index contributed by atoms with van der Waals surface area (Å²) in [6.07, 6.45) is 0. The number of nitrogens with zero attached hydrogens (tertiary/aromatic N) is 1. The lowest BCUT2D eigenvalue weighted by atomic mass is 10.1. The molecule has 0 aliphatic carbocycles. The number of ether oxygens (including phenoxy) is 1. The fourth-order valence-electron chi connectivity index (χ4n) is 2.35. The molecular formula is C17H15ClN4O2. The molecule has 5 N–H and O–H groups in total. The first-order chi connectivity index (χ1) is 11.5. The number of hydrogen-bond donors (Lipinski definition) is 3. The van der Waals surface area contributed by atoms with E-state index in [9.17, 15) is 4.79 Å². The normalized spacial score (nSPS) is 10.6. The van der Waals surface area contributed by atoms with Gasteiger partial charge in [0.1, 0.15) is 28.6 Å². The van der Waals surface area contributed by atoms with Crippen LogP contribution in [0.15, 0.2) is 42.5 Å². The molecular weight excluding hydrogens is 328 g/mol. The van der Waals surface area contributed by atoms with E-state index in [-0.39, 0.29) is 11.4 Å². The maximum absolute atomic E-state index is 11.5. The van der Waals surface area contributed by atoms with E-state index in [4.69, 9.17) is 27.8 Å². The van der Waals surface area contributed by atoms with E-state index >= 15 is 0 Å². The first-order valence-corrected chi connectivity index (χ1v) is 7.51. The Bertz CT molecular complexity index is 903. The highest BCUT2D eigenvalue weighted by molar-refractivity contribution is 6.30. The molecule has 24 heavy (non-hydrogen) atoms. The molecule has 0 unspecified atom stereocenters. The molecule has 0 saturated carbocycles. The number of nitrogen functional groups attached to an aromatic ring is 1. The average molecular weight is 343 g/mol. The van der Waals surface area contributed by atoms with Crippen LogP contribution in [0.25, 0.3) is 11.3 Å². The number of nitrogens with one attached hydrogen (secondary N) is 1. The number of hydrogen-bond acceptors (Lipinski definition) is 4. The van der Waals surface area contributed by atoms with Gasteiger partial charge in [0.25, 0.3) is 5.91 Å². The SMILES string of the molecule is Cc1cc(Cl)ccc1Oc1ccc(-c2n[nH]c(N)c2C(N)=O)cc1. The van der Waals surface area contributed by atoms with Crippen LogP contribution >= 0.6 is 11.6 Å². The Labute approximate surface area is 143 Å². The highest BCUT2D eigenvalue weighted by Crippen LogP contribution is 2.30. The Morgan fingerprint density at radius 1 is 1.21 bits per heavy atom. The minimum atomic E-state index is -0.631. The number of aromatic nitrogens is 2. The average Bonchev–Trinajstić information content (AvgIpc) is 2.93. The molecule has 122 valence electrons. The van der Waals surface area contributed by atoms with E-state index in [0.717, 1.165) is 5.56 Å². The van der Waals surface area contributed by atoms with Crippen molar-refractivity contribution in [3.63, 3.8) is 0 Å². The van der Waals surface area contributed by atoms with Gasteiger partial charge in [-0.2, -0.15) is 5.10 Å². The van der Waals surface area contributed by atoms with Crippen molar-refractivity contribution in [2.75, 3.05) is 5.73 Å². The third kappa shape index (κ3) is 3.04. The zero-order valence-electron chi connectivity index (χ0n) is 12.8. The van der Waals surface area contributed by atoms with Gasteiger partial charge in [-0.15, -0.1) is 0 Å². The van der Waals surface area contributed by atoms with Crippen molar-refractivity contribution in [2.45, 2.75) is 6.92 Å². The molecule has 0 aliphatic heterocycles. The van der Waals surface area contributed by atoms with Crippen molar-refractivity contribution in [3.8, 4) is 22.8 Å². The standard InChI is InChI=1S/C17H15ClN4O2/c1-9-8-11(18)4-7-13(9)24-12-5-2-10(3-6-12)15-14(17(20)23)16(19)22-21-15/h2-8H,1H3,(H2,20,23)(H3,19,21,22). The van der Waals surface area contributed by atoms with Crippen LogP contribution in [0, 0.1) is 6.92 Å². The summed E-state index contributed by atoms with van der Waals surface area (Å²) in [5.41, 5.74) is 13.3. The number of carbonyl (C=O) groups excluding carboxylic acids is 1. The van der Waals surface area contributed by atoms with Crippen LogP contribution in [-0.4, -0.2) is 16.1 Å². The van der Waals surface area contributed by atoms with E-state index in [2.05, 4.69) is 10.2 Å². The second-order valence-corrected chi connectivity index (χ2v) is 5.70. The zero-order valence-corrected chi connectivity index (χ0v) is 13.6. The monoisotopic (exact) mass is 342 g/mol. The Kier molecular flexibility index (Phi) is 4.14. The second kappa shape index (κ2) is 6.25. The number of anilines is 1. The van der Waals surface area contributed by atoms with Crippen molar-refractivity contribution >= 4 is 23.3 Å². The van der Waals surface area contributed by atoms with Gasteiger partial charge in [-0.25, -0.2) is 0 Å². The molecule has 1 heterocycles. The van der Waals surface area contributed by atoms with Crippen LogP contribution in [-0.2, 0) is 0 Å². The Balaban J connectivity index is 1.87. The molecule has 1 amide bonds. The zero-order chi connectivity index (χ0) is 17.3. The number of carbonyl (C=O) groups is 1. The molecule has 0 bridgehead atoms. The number of primary amides is 1. The quantitative estimate of drug-likeness (QED) is 0.674. The summed E-state index contributed by atoms with van der Waals surface area (Å²) in [5, 5.41) is 7.26. The first kappa shape index (κ1) is 15.9. The largest absolute Gasteiger partial charge is 0.457 e. The molecule has 0 radical (unpaired) electrons. The van der Waals surface area contributed by atoms with Gasteiger partial charge in [-0.3, -0.25) is 9.89 Å². The van der Waals surface area contributed by atoms with E-state index in [1.54, 1.807) is 30.3 Å². The molecule has 1 aromatic heterocycles. The topological polar surface area (TPSA) is 107 Å². The van der Waals surface area contributed by atoms with Gasteiger partial charge in [-0.1, -0.05) is 11.6 Å². The highest BCUT2D eigenvalue weighted by atomic mass is 35.5. The van der Waals surface area contributed by atoms with Gasteiger partial charge in [0.2, 0.25) is 0 Å². The number of rotatable bonds is 4. The summed E-state index contributed by atoms with van der Waals surface area (Å²) < 4.78 is 5.83. The van der Waals surface area contributed by atoms with Gasteiger partial charge in [0.05, 0.1) is 0 Å². The van der Waals surface area contributed by atoms with Crippen LogP contribution in [0.1, 0.15) is 15.9 Å². The third-order valence-corrected chi connectivity index (χ3v) is 3.77. The lowest BCUT2D eigenvalue weighted by molar-refractivity contribution is 0.100. The highest BCUT2D eigenvalue weighted by Gasteiger charge is 2.17. The lowest BCUT2D eigenvalue weighted by Crippen LogP contribution is -2.13. The third-order valence-electron chi connectivity index (χ3n) is 3.53. The molecule has 3 rings (SSSR count). The van der Waals surface area contributed by atoms with Crippen molar-refractivity contribution in [1.29, 1.82) is 0 Å². The van der Waals surface area contributed by atoms with Gasteiger partial charge in [0, 0.05) is 10.6 Å². The molecule has 7 heteroatoms. The van der Waals surface area contributed by atoms with Crippen LogP contribution < -0.4 is 16.2 Å². The van der Waals surface area contributed by atoms with E-state index in [0.29, 0.717) is 27.8 Å². The van der Waals surface area contributed by atoms with Crippen LogP contribution in [0.4, 0.5) is 5.82 Å². The number of benzene rings is 2. The van der Waals surface area contributed by atoms with E-state index in [1.165, 1.54) is 0 Å². The van der Waals surface area contributed by atoms with Crippen molar-refractivity contribution in [1.82, 2.24) is 10.2 Å². The summed E-state index contributed by atoms with van der Waals surface area (Å²) in [6, 6.07) is 12.5. The summed E-state index contributed by atoms with van der Waals surface area (Å²) in [7, 11) is 0. The van der Waals surface area contributed by atoms with Crippen molar-refractivity contribution in [3.05, 3.63) is 58.6 Å². The van der Waals surface area contributed by atoms with Crippen LogP contribution in [0.2, 0.25) is 5.02 Å². The Morgan fingerprint density at radius 2 is 1.92 bits per heavy atom.